The van der Waals surface area contributed by atoms with Gasteiger partial charge in [0, 0.05) is 15.7 Å². The highest BCUT2D eigenvalue weighted by molar-refractivity contribution is 5.93. The Labute approximate surface area is 88.5 Å². The smallest absolute Gasteiger partial charge is 0.340 e. The van der Waals surface area contributed by atoms with Gasteiger partial charge in [-0.3, -0.25) is 10.1 Å². The number of carboxylic acid groups (broad SMARTS) is 1. The van der Waals surface area contributed by atoms with Crippen molar-refractivity contribution in [1.82, 2.24) is 0 Å². The second-order valence-corrected chi connectivity index (χ2v) is 2.92. The van der Waals surface area contributed by atoms with Crippen LogP contribution in [0.2, 0.25) is 0 Å². The van der Waals surface area contributed by atoms with Crippen molar-refractivity contribution in [1.29, 1.82) is 0 Å². The number of hydrogen-bond acceptors (Lipinski definition) is 5. The van der Waals surface area contributed by atoms with Gasteiger partial charge < -0.3 is 10.2 Å². The maximum absolute atomic E-state index is 11.0. The molecule has 0 amide bonds. The summed E-state index contributed by atoms with van der Waals surface area (Å²) in [5.41, 5.74) is -1.73. The van der Waals surface area contributed by atoms with Crippen molar-refractivity contribution in [3.63, 3.8) is 0 Å². The molecule has 0 aliphatic carbocycles. The maximum atomic E-state index is 11.0. The van der Waals surface area contributed by atoms with E-state index in [0.717, 1.165) is 13.1 Å². The van der Waals surface area contributed by atoms with E-state index in [0.29, 0.717) is 6.07 Å². The number of phenols is 1. The predicted molar refractivity (Wildman–Crippen MR) is 50.9 cm³/mol. The van der Waals surface area contributed by atoms with E-state index < -0.39 is 33.6 Å². The molecule has 0 heterocycles. The van der Waals surface area contributed by atoms with Gasteiger partial charge in [0.2, 0.25) is 5.75 Å². The van der Waals surface area contributed by atoms with Crippen molar-refractivity contribution in [2.45, 2.75) is 0 Å². The van der Waals surface area contributed by atoms with E-state index in [4.69, 9.17) is 5.11 Å². The fourth-order valence-corrected chi connectivity index (χ4v) is 1.11. The number of nitro groups is 1. The predicted octanol–water partition coefficient (Wildman–Crippen LogP) is 1.04. The molecule has 1 aromatic rings. The van der Waals surface area contributed by atoms with E-state index in [1.54, 1.807) is 0 Å². The Kier molecular flexibility index (Phi) is 2.84. The van der Waals surface area contributed by atoms with E-state index in [1.807, 2.05) is 0 Å². The Balaban J connectivity index is 3.57. The largest absolute Gasteiger partial charge is 0.502 e. The first kappa shape index (κ1) is 11.6. The van der Waals surface area contributed by atoms with Gasteiger partial charge in [-0.1, -0.05) is 0 Å². The van der Waals surface area contributed by atoms with Gasteiger partial charge in [-0.25, -0.2) is 4.79 Å². The second kappa shape index (κ2) is 3.93. The molecule has 0 saturated heterocycles. The number of benzene rings is 1. The van der Waals surface area contributed by atoms with E-state index in [-0.39, 0.29) is 4.76 Å². The first-order valence-electron chi connectivity index (χ1n) is 4.00. The van der Waals surface area contributed by atoms with Crippen LogP contribution < -0.4 is 0 Å². The van der Waals surface area contributed by atoms with Crippen molar-refractivity contribution < 1.29 is 24.7 Å². The summed E-state index contributed by atoms with van der Waals surface area (Å²) in [5.74, 6) is -2.35. The third-order valence-corrected chi connectivity index (χ3v) is 1.86. The highest BCUT2D eigenvalue weighted by Gasteiger charge is 2.27. The zero-order valence-electron chi connectivity index (χ0n) is 8.08. The molecule has 0 saturated carbocycles. The van der Waals surface area contributed by atoms with E-state index in [2.05, 4.69) is 0 Å². The molecule has 2 N–H and O–H groups in total. The first-order chi connectivity index (χ1) is 7.34. The fourth-order valence-electron chi connectivity index (χ4n) is 1.11. The average molecular weight is 227 g/mol. The average Bonchev–Trinajstić information content (AvgIpc) is 2.16. The molecule has 16 heavy (non-hydrogen) atoms. The zero-order chi connectivity index (χ0) is 12.5. The molecule has 8 nitrogen and oxygen atoms in total. The number of nitrogens with zero attached hydrogens (tertiary/aromatic N) is 2. The van der Waals surface area contributed by atoms with Crippen LogP contribution in [-0.2, 0) is 0 Å². The number of rotatable bonds is 3. The van der Waals surface area contributed by atoms with Gasteiger partial charge in [-0.05, 0) is 0 Å². The van der Waals surface area contributed by atoms with Crippen LogP contribution in [0.3, 0.4) is 0 Å². The topological polar surface area (TPSA) is 121 Å². The van der Waals surface area contributed by atoms with Crippen molar-refractivity contribution >= 4 is 17.3 Å². The van der Waals surface area contributed by atoms with Gasteiger partial charge in [0.1, 0.15) is 5.56 Å². The summed E-state index contributed by atoms with van der Waals surface area (Å²) in [4.78, 5) is 31.2. The van der Waals surface area contributed by atoms with Gasteiger partial charge in [-0.15, -0.1) is 0 Å². The van der Waals surface area contributed by atoms with Gasteiger partial charge in [0.25, 0.3) is 5.69 Å². The minimum atomic E-state index is -1.55. The zero-order valence-corrected chi connectivity index (χ0v) is 8.08. The van der Waals surface area contributed by atoms with E-state index in [1.165, 1.54) is 0 Å². The van der Waals surface area contributed by atoms with Crippen LogP contribution in [0.1, 0.15) is 10.4 Å². The third-order valence-electron chi connectivity index (χ3n) is 1.86. The highest BCUT2D eigenvalue weighted by Crippen LogP contribution is 2.33. The van der Waals surface area contributed by atoms with Crippen LogP contribution in [-0.4, -0.2) is 32.9 Å². The lowest BCUT2D eigenvalue weighted by Crippen LogP contribution is -2.02. The van der Waals surface area contributed by atoms with Crippen LogP contribution in [0.15, 0.2) is 12.1 Å². The Morgan fingerprint density at radius 1 is 1.38 bits per heavy atom. The molecule has 0 radical (unpaired) electrons. The van der Waals surface area contributed by atoms with Gasteiger partial charge in [-0.2, -0.15) is 0 Å². The molecule has 84 valence electrons. The van der Waals surface area contributed by atoms with E-state index in [9.17, 15) is 24.9 Å². The van der Waals surface area contributed by atoms with Crippen LogP contribution in [0.4, 0.5) is 11.4 Å². The molecule has 0 aromatic heterocycles. The third kappa shape index (κ3) is 1.95. The lowest BCUT2D eigenvalue weighted by atomic mass is 10.1. The fraction of sp³-hybridized carbons (Fsp3) is 0.125. The van der Waals surface area contributed by atoms with Crippen molar-refractivity contribution in [2.24, 2.45) is 0 Å². The van der Waals surface area contributed by atoms with Gasteiger partial charge in [0.05, 0.1) is 11.0 Å². The lowest BCUT2D eigenvalue weighted by Gasteiger charge is -1.99. The molecular weight excluding hydrogens is 220 g/mol. The number of aromatic hydroxyl groups is 1. The second-order valence-electron chi connectivity index (χ2n) is 2.92. The Morgan fingerprint density at radius 2 is 1.94 bits per heavy atom. The summed E-state index contributed by atoms with van der Waals surface area (Å²) < 4.78 is 0.148. The number of nitroso groups, excluding NO2 is 1. The molecule has 0 aliphatic heterocycles. The summed E-state index contributed by atoms with van der Waals surface area (Å²) in [5, 5.41) is 28.5. The minimum absolute atomic E-state index is 0.148. The highest BCUT2D eigenvalue weighted by atomic mass is 16.6. The molecule has 0 spiro atoms. The molecule has 8 heteroatoms. The van der Waals surface area contributed by atoms with Crippen LogP contribution >= 0.6 is 0 Å². The Bertz CT molecular complexity index is 460. The van der Waals surface area contributed by atoms with Crippen LogP contribution in [0.25, 0.3) is 0 Å². The number of carbonyl (C=O) groups is 1. The molecule has 1 rings (SSSR count). The number of nitro benzene ring substituents is 1. The Hall–Kier alpha value is -2.51. The monoisotopic (exact) mass is 227 g/mol. The van der Waals surface area contributed by atoms with E-state index >= 15 is 0 Å². The summed E-state index contributed by atoms with van der Waals surface area (Å²) in [7, 11) is 0.990. The maximum Gasteiger partial charge on any atom is 0.340 e. The molecule has 0 aliphatic rings. The molecule has 1 aromatic carbocycles. The summed E-state index contributed by atoms with van der Waals surface area (Å²) in [6.07, 6.45) is 0. The normalized spacial score (nSPS) is 9.81. The lowest BCUT2D eigenvalue weighted by molar-refractivity contribution is -0.430. The first-order valence-corrected chi connectivity index (χ1v) is 4.00. The molecule has 0 fully saturated rings. The van der Waals surface area contributed by atoms with Crippen molar-refractivity contribution in [3.05, 3.63) is 32.7 Å². The number of hydrogen-bond donors (Lipinski definition) is 2. The summed E-state index contributed by atoms with van der Waals surface area (Å²) >= 11 is 0. The quantitative estimate of drug-likeness (QED) is 0.452. The summed E-state index contributed by atoms with van der Waals surface area (Å²) in [6, 6.07) is 1.49. The van der Waals surface area contributed by atoms with Gasteiger partial charge >= 0.3 is 11.7 Å². The van der Waals surface area contributed by atoms with Crippen LogP contribution in [0.5, 0.6) is 5.75 Å². The SMILES string of the molecule is C[N+](=O)c1cc([N+](=O)[O-])cc(C(=O)O)c1O. The molecular formula is C8H7N2O6+. The Morgan fingerprint density at radius 3 is 2.31 bits per heavy atom. The van der Waals surface area contributed by atoms with Crippen LogP contribution in [0, 0.1) is 15.0 Å². The van der Waals surface area contributed by atoms with Crippen molar-refractivity contribution in [3.8, 4) is 5.75 Å². The van der Waals surface area contributed by atoms with Gasteiger partial charge in [0.15, 0.2) is 7.05 Å². The molecule has 0 unspecified atom stereocenters. The number of carboxylic acids is 1. The standard InChI is InChI=1S/C8H6N2O6/c1-9(14)6-3-4(10(15)16)2-5(7(6)11)8(12)13/h2-3H,1H3,(H-,11,12,13,14)/p+1. The minimum Gasteiger partial charge on any atom is -0.502 e. The summed E-state index contributed by atoms with van der Waals surface area (Å²) in [6.45, 7) is 0. The molecule has 0 atom stereocenters. The van der Waals surface area contributed by atoms with Crippen molar-refractivity contribution in [2.75, 3.05) is 7.05 Å². The number of non-ortho nitro benzene ring substituents is 1. The number of aromatic carboxylic acids is 1. The molecule has 0 bridgehead atoms.